The number of rotatable bonds is 5. The molecular weight excluding hydrogens is 325 g/mol. The summed E-state index contributed by atoms with van der Waals surface area (Å²) in [7, 11) is 1.54. The Bertz CT molecular complexity index is 944. The second-order valence-electron chi connectivity index (χ2n) is 5.74. The summed E-state index contributed by atoms with van der Waals surface area (Å²) in [6.45, 7) is 1.93. The highest BCUT2D eigenvalue weighted by Gasteiger charge is 2.14. The summed E-state index contributed by atoms with van der Waals surface area (Å²) in [4.78, 5) is 26.8. The fourth-order valence-corrected chi connectivity index (χ4v) is 2.69. The first-order valence-corrected chi connectivity index (χ1v) is 7.76. The van der Waals surface area contributed by atoms with Gasteiger partial charge in [0.05, 0.1) is 18.3 Å². The monoisotopic (exact) mass is 343 g/mol. The molecule has 2 amide bonds. The third kappa shape index (κ3) is 3.68. The highest BCUT2D eigenvalue weighted by Crippen LogP contribution is 2.24. The van der Waals surface area contributed by atoms with E-state index in [0.29, 0.717) is 11.1 Å². The van der Waals surface area contributed by atoms with Crippen LogP contribution in [0.3, 0.4) is 0 Å². The van der Waals surface area contributed by atoms with Crippen LogP contribution >= 0.6 is 0 Å². The zero-order chi connectivity index (χ0) is 18.0. The number of likely N-dealkylation sites (N-methyl/N-ethyl adjacent to an activating group) is 1. The zero-order valence-corrected chi connectivity index (χ0v) is 13.9. The number of aryl methyl sites for hydroxylation is 1. The molecule has 2 aromatic heterocycles. The lowest BCUT2D eigenvalue weighted by Gasteiger charge is -2.03. The SMILES string of the molecule is CNC(=O)Cn1cc(NC(=O)Cc2c(C)[nH]c3ccc(F)cc23)cn1. The molecule has 1 aromatic carbocycles. The minimum atomic E-state index is -0.344. The van der Waals surface area contributed by atoms with Crippen molar-refractivity contribution < 1.29 is 14.0 Å². The third-order valence-corrected chi connectivity index (χ3v) is 3.92. The van der Waals surface area contributed by atoms with Crippen LogP contribution < -0.4 is 10.6 Å². The van der Waals surface area contributed by atoms with E-state index in [9.17, 15) is 14.0 Å². The molecular formula is C17H18FN5O2. The van der Waals surface area contributed by atoms with Crippen LogP contribution in [-0.2, 0) is 22.6 Å². The van der Waals surface area contributed by atoms with Crippen molar-refractivity contribution in [2.45, 2.75) is 19.9 Å². The summed E-state index contributed by atoms with van der Waals surface area (Å²) in [5.41, 5.74) is 2.87. The number of amides is 2. The molecule has 3 rings (SSSR count). The van der Waals surface area contributed by atoms with Gasteiger partial charge in [0.1, 0.15) is 12.4 Å². The van der Waals surface area contributed by atoms with Crippen LogP contribution in [0, 0.1) is 12.7 Å². The fourth-order valence-electron chi connectivity index (χ4n) is 2.69. The van der Waals surface area contributed by atoms with E-state index >= 15 is 0 Å². The molecule has 0 saturated carbocycles. The minimum Gasteiger partial charge on any atom is -0.358 e. The minimum absolute atomic E-state index is 0.0766. The summed E-state index contributed by atoms with van der Waals surface area (Å²) >= 11 is 0. The van der Waals surface area contributed by atoms with Gasteiger partial charge in [-0.25, -0.2) is 4.39 Å². The van der Waals surface area contributed by atoms with Gasteiger partial charge in [-0.2, -0.15) is 5.10 Å². The molecule has 0 aliphatic rings. The van der Waals surface area contributed by atoms with Crippen molar-refractivity contribution in [3.8, 4) is 0 Å². The van der Waals surface area contributed by atoms with Gasteiger partial charge >= 0.3 is 0 Å². The fraction of sp³-hybridized carbons (Fsp3) is 0.235. The smallest absolute Gasteiger partial charge is 0.241 e. The molecule has 25 heavy (non-hydrogen) atoms. The molecule has 0 saturated heterocycles. The van der Waals surface area contributed by atoms with Crippen molar-refractivity contribution in [1.82, 2.24) is 20.1 Å². The average Bonchev–Trinajstić information content (AvgIpc) is 3.12. The molecule has 0 spiro atoms. The van der Waals surface area contributed by atoms with Crippen molar-refractivity contribution in [1.29, 1.82) is 0 Å². The van der Waals surface area contributed by atoms with E-state index in [1.807, 2.05) is 6.92 Å². The standard InChI is InChI=1S/C17H18FN5O2/c1-10-13(14-5-11(18)3-4-15(14)21-10)6-16(24)22-12-7-20-23(8-12)9-17(25)19-2/h3-5,7-8,21H,6,9H2,1-2H3,(H,19,25)(H,22,24). The topological polar surface area (TPSA) is 91.8 Å². The second-order valence-corrected chi connectivity index (χ2v) is 5.74. The maximum Gasteiger partial charge on any atom is 0.241 e. The molecule has 0 fully saturated rings. The number of halogens is 1. The summed E-state index contributed by atoms with van der Waals surface area (Å²) in [5, 5.41) is 9.95. The van der Waals surface area contributed by atoms with E-state index < -0.39 is 0 Å². The van der Waals surface area contributed by atoms with Crippen LogP contribution in [0.4, 0.5) is 10.1 Å². The largest absolute Gasteiger partial charge is 0.358 e. The number of carbonyl (C=O) groups is 2. The zero-order valence-electron chi connectivity index (χ0n) is 13.9. The van der Waals surface area contributed by atoms with Crippen LogP contribution in [0.25, 0.3) is 10.9 Å². The maximum absolute atomic E-state index is 13.5. The summed E-state index contributed by atoms with van der Waals surface area (Å²) in [6, 6.07) is 4.45. The van der Waals surface area contributed by atoms with Crippen LogP contribution in [0.1, 0.15) is 11.3 Å². The Morgan fingerprint density at radius 3 is 2.88 bits per heavy atom. The van der Waals surface area contributed by atoms with E-state index in [1.54, 1.807) is 19.3 Å². The predicted molar refractivity (Wildman–Crippen MR) is 91.6 cm³/mol. The van der Waals surface area contributed by atoms with Gasteiger partial charge in [0, 0.05) is 29.8 Å². The van der Waals surface area contributed by atoms with E-state index in [0.717, 1.165) is 16.8 Å². The maximum atomic E-state index is 13.5. The molecule has 0 aliphatic carbocycles. The number of hydrogen-bond donors (Lipinski definition) is 3. The number of aromatic amines is 1. The predicted octanol–water partition coefficient (Wildman–Crippen LogP) is 1.74. The number of fused-ring (bicyclic) bond motifs is 1. The number of nitrogens with zero attached hydrogens (tertiary/aromatic N) is 2. The Labute approximate surface area is 143 Å². The number of aromatic nitrogens is 3. The lowest BCUT2D eigenvalue weighted by atomic mass is 10.1. The third-order valence-electron chi connectivity index (χ3n) is 3.92. The lowest BCUT2D eigenvalue weighted by Crippen LogP contribution is -2.23. The number of carbonyl (C=O) groups excluding carboxylic acids is 2. The van der Waals surface area contributed by atoms with Gasteiger partial charge < -0.3 is 15.6 Å². The number of benzene rings is 1. The Balaban J connectivity index is 1.72. The van der Waals surface area contributed by atoms with E-state index in [1.165, 1.54) is 23.0 Å². The lowest BCUT2D eigenvalue weighted by molar-refractivity contribution is -0.121. The van der Waals surface area contributed by atoms with Crippen molar-refractivity contribution in [2.75, 3.05) is 12.4 Å². The number of hydrogen-bond acceptors (Lipinski definition) is 3. The van der Waals surface area contributed by atoms with E-state index in [2.05, 4.69) is 20.7 Å². The van der Waals surface area contributed by atoms with Crippen LogP contribution in [-0.4, -0.2) is 33.6 Å². The summed E-state index contributed by atoms with van der Waals surface area (Å²) in [5.74, 6) is -0.770. The van der Waals surface area contributed by atoms with Gasteiger partial charge in [-0.3, -0.25) is 14.3 Å². The average molecular weight is 343 g/mol. The Hall–Kier alpha value is -3.16. The van der Waals surface area contributed by atoms with Gasteiger partial charge in [-0.15, -0.1) is 0 Å². The van der Waals surface area contributed by atoms with Gasteiger partial charge in [0.2, 0.25) is 11.8 Å². The molecule has 0 atom stereocenters. The highest BCUT2D eigenvalue weighted by atomic mass is 19.1. The molecule has 0 bridgehead atoms. The van der Waals surface area contributed by atoms with Crippen molar-refractivity contribution in [3.63, 3.8) is 0 Å². The molecule has 130 valence electrons. The molecule has 7 nitrogen and oxygen atoms in total. The van der Waals surface area contributed by atoms with Crippen LogP contribution in [0.15, 0.2) is 30.6 Å². The van der Waals surface area contributed by atoms with Gasteiger partial charge in [-0.1, -0.05) is 0 Å². The highest BCUT2D eigenvalue weighted by molar-refractivity contribution is 5.96. The summed E-state index contributed by atoms with van der Waals surface area (Å²) in [6.07, 6.45) is 3.16. The van der Waals surface area contributed by atoms with Crippen molar-refractivity contribution in [3.05, 3.63) is 47.7 Å². The Kier molecular flexibility index (Phi) is 4.51. The first-order chi connectivity index (χ1) is 12.0. The number of H-pyrrole nitrogens is 1. The van der Waals surface area contributed by atoms with Crippen LogP contribution in [0.2, 0.25) is 0 Å². The summed E-state index contributed by atoms with van der Waals surface area (Å²) < 4.78 is 14.9. The van der Waals surface area contributed by atoms with Gasteiger partial charge in [-0.05, 0) is 30.7 Å². The van der Waals surface area contributed by atoms with E-state index in [-0.39, 0.29) is 30.6 Å². The first-order valence-electron chi connectivity index (χ1n) is 7.76. The van der Waals surface area contributed by atoms with Gasteiger partial charge in [0.25, 0.3) is 0 Å². The molecule has 0 unspecified atom stereocenters. The quantitative estimate of drug-likeness (QED) is 0.659. The Morgan fingerprint density at radius 2 is 2.12 bits per heavy atom. The molecule has 3 N–H and O–H groups in total. The molecule has 2 heterocycles. The van der Waals surface area contributed by atoms with Crippen molar-refractivity contribution >= 4 is 28.4 Å². The Morgan fingerprint density at radius 1 is 1.32 bits per heavy atom. The van der Waals surface area contributed by atoms with Gasteiger partial charge in [0.15, 0.2) is 0 Å². The van der Waals surface area contributed by atoms with Crippen molar-refractivity contribution in [2.24, 2.45) is 0 Å². The first kappa shape index (κ1) is 16.7. The second kappa shape index (κ2) is 6.76. The number of anilines is 1. The molecule has 3 aromatic rings. The van der Waals surface area contributed by atoms with E-state index in [4.69, 9.17) is 0 Å². The normalized spacial score (nSPS) is 10.8. The van der Waals surface area contributed by atoms with Crippen LogP contribution in [0.5, 0.6) is 0 Å². The molecule has 0 radical (unpaired) electrons. The molecule has 0 aliphatic heterocycles. The number of nitrogens with one attached hydrogen (secondary N) is 3. The molecule has 8 heteroatoms.